The van der Waals surface area contributed by atoms with Gasteiger partial charge in [-0.3, -0.25) is 4.79 Å². The molecule has 0 bridgehead atoms. The number of ether oxygens (including phenoxy) is 2. The number of piperidine rings is 1. The zero-order chi connectivity index (χ0) is 23.8. The van der Waals surface area contributed by atoms with Crippen LogP contribution in [-0.4, -0.2) is 36.4 Å². The molecule has 4 heteroatoms. The quantitative estimate of drug-likeness (QED) is 0.375. The lowest BCUT2D eigenvalue weighted by atomic mass is 9.52. The number of esters is 1. The number of hydrogen-bond acceptors (Lipinski definition) is 4. The van der Waals surface area contributed by atoms with Gasteiger partial charge in [-0.1, -0.05) is 31.9 Å². The highest BCUT2D eigenvalue weighted by atomic mass is 16.5. The summed E-state index contributed by atoms with van der Waals surface area (Å²) >= 11 is 0. The minimum atomic E-state index is -0.104. The van der Waals surface area contributed by atoms with Crippen molar-refractivity contribution in [2.75, 3.05) is 6.54 Å². The van der Waals surface area contributed by atoms with Gasteiger partial charge in [0.1, 0.15) is 6.10 Å². The molecule has 0 amide bonds. The largest absolute Gasteiger partial charge is 0.463 e. The molecule has 4 aliphatic carbocycles. The Labute approximate surface area is 207 Å². The smallest absolute Gasteiger partial charge is 0.302 e. The first-order valence-corrected chi connectivity index (χ1v) is 14.5. The Kier molecular flexibility index (Phi) is 5.76. The van der Waals surface area contributed by atoms with Crippen molar-refractivity contribution < 1.29 is 14.3 Å². The number of carbonyl (C=O) groups excluding carboxylic acids is 1. The van der Waals surface area contributed by atoms with Gasteiger partial charge in [0, 0.05) is 18.9 Å². The topological polar surface area (TPSA) is 47.6 Å². The van der Waals surface area contributed by atoms with Gasteiger partial charge in [-0.2, -0.15) is 0 Å². The predicted molar refractivity (Wildman–Crippen MR) is 134 cm³/mol. The fourth-order valence-electron chi connectivity index (χ4n) is 10.1. The summed E-state index contributed by atoms with van der Waals surface area (Å²) in [4.78, 5) is 11.6. The van der Waals surface area contributed by atoms with Crippen LogP contribution in [0.25, 0.3) is 0 Å². The molecule has 2 aliphatic heterocycles. The summed E-state index contributed by atoms with van der Waals surface area (Å²) in [5.41, 5.74) is 3.96. The number of rotatable bonds is 1. The third-order valence-electron chi connectivity index (χ3n) is 11.9. The van der Waals surface area contributed by atoms with Gasteiger partial charge in [-0.15, -0.1) is 0 Å². The molecule has 0 radical (unpaired) electrons. The molecule has 6 rings (SSSR count). The average molecular weight is 470 g/mol. The van der Waals surface area contributed by atoms with E-state index in [4.69, 9.17) is 9.47 Å². The van der Waals surface area contributed by atoms with Crippen LogP contribution in [0.2, 0.25) is 0 Å². The highest BCUT2D eigenvalue weighted by Gasteiger charge is 2.59. The van der Waals surface area contributed by atoms with Crippen LogP contribution in [0.5, 0.6) is 0 Å². The minimum absolute atomic E-state index is 0.0481. The van der Waals surface area contributed by atoms with Crippen LogP contribution in [0.4, 0.5) is 0 Å². The molecule has 0 aromatic carbocycles. The fraction of sp³-hybridized carbons (Fsp3) is 0.900. The molecule has 2 heterocycles. The van der Waals surface area contributed by atoms with Crippen molar-refractivity contribution in [2.24, 2.45) is 40.9 Å². The molecule has 34 heavy (non-hydrogen) atoms. The Hall–Kier alpha value is -0.870. The molecule has 1 spiro atoms. The summed E-state index contributed by atoms with van der Waals surface area (Å²) in [6, 6.07) is 0.543. The first-order chi connectivity index (χ1) is 16.2. The molecular weight excluding hydrogens is 422 g/mol. The molecule has 0 aromatic heterocycles. The summed E-state index contributed by atoms with van der Waals surface area (Å²) in [5.74, 6) is 4.38. The highest BCUT2D eigenvalue weighted by Crippen LogP contribution is 2.65. The van der Waals surface area contributed by atoms with Gasteiger partial charge in [-0.25, -0.2) is 0 Å². The lowest BCUT2D eigenvalue weighted by Gasteiger charge is -2.54. The third-order valence-corrected chi connectivity index (χ3v) is 11.9. The number of allylic oxidation sites excluding steroid dienone is 1. The zero-order valence-electron chi connectivity index (χ0n) is 22.2. The fourth-order valence-corrected chi connectivity index (χ4v) is 10.1. The second-order valence-electron chi connectivity index (χ2n) is 13.7. The van der Waals surface area contributed by atoms with Crippen molar-refractivity contribution >= 4 is 5.97 Å². The zero-order valence-corrected chi connectivity index (χ0v) is 22.2. The Bertz CT molecular complexity index is 867. The van der Waals surface area contributed by atoms with Crippen LogP contribution in [-0.2, 0) is 14.3 Å². The van der Waals surface area contributed by atoms with Crippen molar-refractivity contribution in [1.29, 1.82) is 0 Å². The summed E-state index contributed by atoms with van der Waals surface area (Å²) in [6.45, 7) is 12.6. The number of fused-ring (bicyclic) bond motifs is 6. The van der Waals surface area contributed by atoms with Crippen molar-refractivity contribution in [3.05, 3.63) is 11.1 Å². The van der Waals surface area contributed by atoms with Crippen molar-refractivity contribution in [1.82, 2.24) is 5.32 Å². The number of hydrogen-bond donors (Lipinski definition) is 1. The van der Waals surface area contributed by atoms with E-state index < -0.39 is 0 Å². The number of nitrogens with one attached hydrogen (secondary N) is 1. The molecule has 6 aliphatic rings. The van der Waals surface area contributed by atoms with Crippen molar-refractivity contribution in [3.63, 3.8) is 0 Å². The van der Waals surface area contributed by atoms with E-state index in [1.807, 2.05) is 5.57 Å². The van der Waals surface area contributed by atoms with Crippen molar-refractivity contribution in [3.8, 4) is 0 Å². The first kappa shape index (κ1) is 23.5. The average Bonchev–Trinajstić information content (AvgIpc) is 3.24. The van der Waals surface area contributed by atoms with E-state index in [1.54, 1.807) is 12.5 Å². The Morgan fingerprint density at radius 3 is 2.74 bits per heavy atom. The van der Waals surface area contributed by atoms with E-state index in [2.05, 4.69) is 33.0 Å². The van der Waals surface area contributed by atoms with Crippen LogP contribution < -0.4 is 5.32 Å². The van der Waals surface area contributed by atoms with E-state index >= 15 is 0 Å². The second-order valence-corrected chi connectivity index (χ2v) is 13.7. The summed E-state index contributed by atoms with van der Waals surface area (Å²) in [7, 11) is 0. The van der Waals surface area contributed by atoms with Crippen LogP contribution in [0, 0.1) is 40.9 Å². The van der Waals surface area contributed by atoms with Crippen LogP contribution in [0.15, 0.2) is 11.1 Å². The normalized spacial score (nSPS) is 52.4. The van der Waals surface area contributed by atoms with Gasteiger partial charge < -0.3 is 14.8 Å². The van der Waals surface area contributed by atoms with E-state index in [0.29, 0.717) is 23.5 Å². The molecule has 4 nitrogen and oxygen atoms in total. The monoisotopic (exact) mass is 469 g/mol. The molecule has 1 N–H and O–H groups in total. The van der Waals surface area contributed by atoms with Crippen LogP contribution >= 0.6 is 0 Å². The molecule has 0 aromatic rings. The molecule has 190 valence electrons. The lowest BCUT2D eigenvalue weighted by molar-refractivity contribution is -0.154. The summed E-state index contributed by atoms with van der Waals surface area (Å²) in [5, 5.41) is 3.86. The third kappa shape index (κ3) is 3.56. The van der Waals surface area contributed by atoms with Gasteiger partial charge in [-0.05, 0) is 113 Å². The van der Waals surface area contributed by atoms with Gasteiger partial charge >= 0.3 is 5.97 Å². The summed E-state index contributed by atoms with van der Waals surface area (Å²) in [6.07, 6.45) is 12.9. The minimum Gasteiger partial charge on any atom is -0.463 e. The van der Waals surface area contributed by atoms with Crippen molar-refractivity contribution in [2.45, 2.75) is 123 Å². The highest BCUT2D eigenvalue weighted by molar-refractivity contribution is 5.66. The van der Waals surface area contributed by atoms with E-state index in [1.165, 1.54) is 44.9 Å². The van der Waals surface area contributed by atoms with Gasteiger partial charge in [0.2, 0.25) is 0 Å². The van der Waals surface area contributed by atoms with Crippen LogP contribution in [0.1, 0.15) is 98.8 Å². The Morgan fingerprint density at radius 2 is 1.94 bits per heavy atom. The maximum absolute atomic E-state index is 11.6. The lowest BCUT2D eigenvalue weighted by Crippen LogP contribution is -2.48. The first-order valence-electron chi connectivity index (χ1n) is 14.5. The maximum atomic E-state index is 11.6. The summed E-state index contributed by atoms with van der Waals surface area (Å²) < 4.78 is 12.7. The van der Waals surface area contributed by atoms with Gasteiger partial charge in [0.25, 0.3) is 0 Å². The molecule has 1 unspecified atom stereocenters. The standard InChI is InChI=1S/C30H47NO3/c1-17-12-27-28(31-16-17)19(3)30(34-27)11-9-23-24-7-6-21-13-22(33-20(4)32)8-10-29(21,5)26(24)14-25(23)18(2)15-30/h17,19,21-24,26-28,31H,6-16H2,1-5H3/t17-,19+,21?,22+,23-,24-,26-,27+,28-,29-,30-/m0/s1. The van der Waals surface area contributed by atoms with Gasteiger partial charge in [0.15, 0.2) is 0 Å². The van der Waals surface area contributed by atoms with E-state index in [0.717, 1.165) is 55.4 Å². The molecule has 5 fully saturated rings. The second kappa shape index (κ2) is 8.33. The SMILES string of the molecule is CC(=O)O[C@@H]1CC[C@@]2(C)C(CC[C@H]3[C@@H]4CC[C@@]5(CC(C)=C4C[C@@H]32)O[C@@H]2C[C@H](C)CN[C@H]2[C@H]5C)C1. The Morgan fingerprint density at radius 1 is 1.12 bits per heavy atom. The molecule has 2 saturated heterocycles. The maximum Gasteiger partial charge on any atom is 0.302 e. The number of carbonyl (C=O) groups is 1. The predicted octanol–water partition coefficient (Wildman–Crippen LogP) is 6.04. The van der Waals surface area contributed by atoms with Crippen LogP contribution in [0.3, 0.4) is 0 Å². The van der Waals surface area contributed by atoms with E-state index in [9.17, 15) is 4.79 Å². The molecule has 11 atom stereocenters. The molecule has 3 saturated carbocycles. The molecular formula is C30H47NO3. The van der Waals surface area contributed by atoms with E-state index in [-0.39, 0.29) is 17.7 Å². The van der Waals surface area contributed by atoms with Gasteiger partial charge in [0.05, 0.1) is 11.7 Å². The Balaban J connectivity index is 1.23.